The summed E-state index contributed by atoms with van der Waals surface area (Å²) in [4.78, 5) is 14.3. The number of primary amides is 1. The molecule has 2 N–H and O–H groups in total. The Kier molecular flexibility index (Phi) is 4.82. The van der Waals surface area contributed by atoms with Gasteiger partial charge in [0.15, 0.2) is 9.84 Å². The molecule has 7 heteroatoms. The first kappa shape index (κ1) is 15.5. The van der Waals surface area contributed by atoms with Crippen molar-refractivity contribution < 1.29 is 13.2 Å². The molecule has 0 aliphatic carbocycles. The summed E-state index contributed by atoms with van der Waals surface area (Å²) in [6.07, 6.45) is 0.894. The third kappa shape index (κ3) is 3.80. The fourth-order valence-corrected chi connectivity index (χ4v) is 4.67. The van der Waals surface area contributed by atoms with Crippen molar-refractivity contribution in [3.05, 3.63) is 21.9 Å². The van der Waals surface area contributed by atoms with Gasteiger partial charge in [-0.25, -0.2) is 8.42 Å². The second-order valence-electron chi connectivity index (χ2n) is 5.13. The average molecular weight is 316 g/mol. The van der Waals surface area contributed by atoms with Gasteiger partial charge in [-0.2, -0.15) is 0 Å². The predicted molar refractivity (Wildman–Crippen MR) is 80.5 cm³/mol. The van der Waals surface area contributed by atoms with Gasteiger partial charge in [-0.15, -0.1) is 11.3 Å². The van der Waals surface area contributed by atoms with Crippen LogP contribution >= 0.6 is 11.3 Å². The summed E-state index contributed by atoms with van der Waals surface area (Å²) in [7, 11) is -3.20. The van der Waals surface area contributed by atoms with Gasteiger partial charge >= 0.3 is 0 Å². The minimum atomic E-state index is -3.20. The van der Waals surface area contributed by atoms with Crippen molar-refractivity contribution in [2.75, 3.05) is 24.6 Å². The van der Waals surface area contributed by atoms with Crippen molar-refractivity contribution in [1.29, 1.82) is 0 Å². The van der Waals surface area contributed by atoms with Gasteiger partial charge in [0, 0.05) is 30.4 Å². The van der Waals surface area contributed by atoms with Crippen LogP contribution in [-0.2, 0) is 21.1 Å². The monoisotopic (exact) mass is 316 g/mol. The number of amides is 1. The van der Waals surface area contributed by atoms with Crippen molar-refractivity contribution in [2.24, 2.45) is 5.73 Å². The molecule has 0 fully saturated rings. The lowest BCUT2D eigenvalue weighted by molar-refractivity contribution is -0.117. The van der Waals surface area contributed by atoms with Crippen molar-refractivity contribution in [3.63, 3.8) is 0 Å². The quantitative estimate of drug-likeness (QED) is 0.847. The zero-order chi connectivity index (χ0) is 14.8. The zero-order valence-electron chi connectivity index (χ0n) is 11.5. The molecule has 2 rings (SSSR count). The molecular weight excluding hydrogens is 296 g/mol. The van der Waals surface area contributed by atoms with E-state index in [9.17, 15) is 13.2 Å². The van der Waals surface area contributed by atoms with E-state index >= 15 is 0 Å². The number of thiophene rings is 1. The van der Waals surface area contributed by atoms with E-state index < -0.39 is 15.7 Å². The third-order valence-corrected chi connectivity index (χ3v) is 6.38. The number of fused-ring (bicyclic) bond motifs is 1. The van der Waals surface area contributed by atoms with Gasteiger partial charge in [0.1, 0.15) is 0 Å². The topological polar surface area (TPSA) is 80.5 Å². The Morgan fingerprint density at radius 1 is 1.50 bits per heavy atom. The van der Waals surface area contributed by atoms with Gasteiger partial charge in [0.05, 0.1) is 11.5 Å². The molecule has 5 nitrogen and oxygen atoms in total. The molecule has 1 aromatic rings. The summed E-state index contributed by atoms with van der Waals surface area (Å²) in [5, 5.41) is 2.09. The van der Waals surface area contributed by atoms with Crippen molar-refractivity contribution in [2.45, 2.75) is 25.8 Å². The van der Waals surface area contributed by atoms with Gasteiger partial charge in [-0.05, 0) is 30.4 Å². The van der Waals surface area contributed by atoms with Crippen LogP contribution in [0.2, 0.25) is 0 Å². The van der Waals surface area contributed by atoms with Crippen LogP contribution in [0.3, 0.4) is 0 Å². The number of carbonyl (C=O) groups excluding carboxylic acids is 1. The first-order chi connectivity index (χ1) is 9.39. The molecule has 0 saturated heterocycles. The largest absolute Gasteiger partial charge is 0.370 e. The fraction of sp³-hybridized carbons (Fsp3) is 0.615. The highest BCUT2D eigenvalue weighted by Crippen LogP contribution is 2.32. The molecule has 1 aromatic heterocycles. The Morgan fingerprint density at radius 3 is 2.95 bits per heavy atom. The van der Waals surface area contributed by atoms with Crippen LogP contribution in [0, 0.1) is 0 Å². The highest BCUT2D eigenvalue weighted by molar-refractivity contribution is 7.91. The maximum Gasteiger partial charge on any atom is 0.218 e. The molecule has 20 heavy (non-hydrogen) atoms. The maximum absolute atomic E-state index is 11.8. The maximum atomic E-state index is 11.8. The average Bonchev–Trinajstić information content (AvgIpc) is 2.85. The molecule has 1 unspecified atom stereocenters. The number of nitrogens with two attached hydrogens (primary N) is 1. The molecule has 1 atom stereocenters. The van der Waals surface area contributed by atoms with Gasteiger partial charge in [-0.1, -0.05) is 0 Å². The van der Waals surface area contributed by atoms with E-state index in [0.717, 1.165) is 13.0 Å². The van der Waals surface area contributed by atoms with E-state index in [2.05, 4.69) is 23.3 Å². The number of hydrogen-bond acceptors (Lipinski definition) is 5. The Balaban J connectivity index is 1.90. The second-order valence-corrected chi connectivity index (χ2v) is 8.43. The number of nitrogens with zero attached hydrogens (tertiary/aromatic N) is 1. The molecule has 0 aromatic carbocycles. The van der Waals surface area contributed by atoms with Crippen LogP contribution in [0.4, 0.5) is 0 Å². The van der Waals surface area contributed by atoms with E-state index in [1.807, 2.05) is 0 Å². The van der Waals surface area contributed by atoms with Crippen molar-refractivity contribution >= 4 is 27.1 Å². The summed E-state index contributed by atoms with van der Waals surface area (Å²) in [5.41, 5.74) is 6.30. The van der Waals surface area contributed by atoms with Crippen LogP contribution in [-0.4, -0.2) is 43.8 Å². The smallest absolute Gasteiger partial charge is 0.218 e. The summed E-state index contributed by atoms with van der Waals surface area (Å²) >= 11 is 1.77. The minimum Gasteiger partial charge on any atom is -0.370 e. The Hall–Kier alpha value is -0.920. The molecule has 0 saturated carbocycles. The normalized spacial score (nSPS) is 19.8. The molecule has 1 aliphatic heterocycles. The molecule has 0 spiro atoms. The van der Waals surface area contributed by atoms with Gasteiger partial charge in [0.25, 0.3) is 0 Å². The number of sulfone groups is 1. The molecule has 112 valence electrons. The molecule has 1 amide bonds. The first-order valence-electron chi connectivity index (χ1n) is 6.68. The molecule has 2 heterocycles. The van der Waals surface area contributed by atoms with E-state index in [4.69, 9.17) is 5.73 Å². The van der Waals surface area contributed by atoms with E-state index in [1.165, 1.54) is 10.4 Å². The van der Waals surface area contributed by atoms with Crippen molar-refractivity contribution in [3.8, 4) is 0 Å². The number of hydrogen-bond donors (Lipinski definition) is 1. The lowest BCUT2D eigenvalue weighted by atomic mass is 10.0. The van der Waals surface area contributed by atoms with Gasteiger partial charge in [-0.3, -0.25) is 9.69 Å². The van der Waals surface area contributed by atoms with E-state index in [0.29, 0.717) is 6.54 Å². The Bertz CT molecular complexity index is 580. The fourth-order valence-electron chi connectivity index (χ4n) is 2.48. The Labute approximate surface area is 123 Å². The predicted octanol–water partition coefficient (Wildman–Crippen LogP) is 0.957. The third-order valence-electron chi connectivity index (χ3n) is 3.75. The summed E-state index contributed by atoms with van der Waals surface area (Å²) < 4.78 is 23.7. The second kappa shape index (κ2) is 6.24. The molecule has 0 radical (unpaired) electrons. The Morgan fingerprint density at radius 2 is 2.25 bits per heavy atom. The van der Waals surface area contributed by atoms with Gasteiger partial charge in [0.2, 0.25) is 5.91 Å². The highest BCUT2D eigenvalue weighted by Gasteiger charge is 2.25. The number of carbonyl (C=O) groups is 1. The van der Waals surface area contributed by atoms with Crippen LogP contribution in [0.1, 0.15) is 29.8 Å². The first-order valence-corrected chi connectivity index (χ1v) is 9.38. The molecular formula is C13H20N2O3S2. The van der Waals surface area contributed by atoms with Crippen molar-refractivity contribution in [1.82, 2.24) is 4.90 Å². The summed E-state index contributed by atoms with van der Waals surface area (Å²) in [6.45, 7) is 3.51. The van der Waals surface area contributed by atoms with E-state index in [1.54, 1.807) is 11.3 Å². The molecule has 0 bridgehead atoms. The minimum absolute atomic E-state index is 0.0874. The van der Waals surface area contributed by atoms with Crippen LogP contribution in [0.25, 0.3) is 0 Å². The lowest BCUT2D eigenvalue weighted by Crippen LogP contribution is -2.37. The zero-order valence-corrected chi connectivity index (χ0v) is 13.2. The highest BCUT2D eigenvalue weighted by atomic mass is 32.2. The lowest BCUT2D eigenvalue weighted by Gasteiger charge is -2.33. The van der Waals surface area contributed by atoms with Gasteiger partial charge < -0.3 is 5.73 Å². The van der Waals surface area contributed by atoms with Crippen LogP contribution in [0.5, 0.6) is 0 Å². The summed E-state index contributed by atoms with van der Waals surface area (Å²) in [6, 6.07) is 2.38. The molecule has 1 aliphatic rings. The standard InChI is InChI=1S/C13H20N2O3S2/c1-10-11-3-7-19-12(11)2-5-15(10)6-9-20(17,18)8-4-13(14)16/h3,7,10H,2,4-6,8-9H2,1H3,(H2,14,16). The SMILES string of the molecule is CC1c2ccsc2CCN1CCS(=O)(=O)CCC(N)=O. The van der Waals surface area contributed by atoms with Crippen LogP contribution < -0.4 is 5.73 Å². The summed E-state index contributed by atoms with van der Waals surface area (Å²) in [5.74, 6) is -0.624. The number of rotatable bonds is 6. The van der Waals surface area contributed by atoms with Crippen LogP contribution in [0.15, 0.2) is 11.4 Å². The van der Waals surface area contributed by atoms with E-state index in [-0.39, 0.29) is 24.0 Å².